The van der Waals surface area contributed by atoms with Gasteiger partial charge in [0, 0.05) is 11.6 Å². The van der Waals surface area contributed by atoms with Crippen molar-refractivity contribution in [3.8, 4) is 6.08 Å². The van der Waals surface area contributed by atoms with Gasteiger partial charge in [0.25, 0.3) is 0 Å². The molecule has 2 aromatic rings. The number of halogens is 1. The van der Waals surface area contributed by atoms with Crippen molar-refractivity contribution in [1.29, 1.82) is 0 Å². The standard InChI is InChI=1S/C11H12ClNO3/c12-8-3-4-10-9(7-8)13-11(16-10)15-6-2-1-5-14/h3-4,7,14H,1-2,5-6H2. The molecule has 1 N–H and O–H groups in total. The summed E-state index contributed by atoms with van der Waals surface area (Å²) in [4.78, 5) is 4.14. The maximum atomic E-state index is 8.60. The van der Waals surface area contributed by atoms with E-state index in [-0.39, 0.29) is 12.7 Å². The Morgan fingerprint density at radius 3 is 3.06 bits per heavy atom. The third-order valence-electron chi connectivity index (χ3n) is 2.11. The van der Waals surface area contributed by atoms with E-state index >= 15 is 0 Å². The molecule has 1 aromatic heterocycles. The van der Waals surface area contributed by atoms with Crippen molar-refractivity contribution in [3.63, 3.8) is 0 Å². The summed E-state index contributed by atoms with van der Waals surface area (Å²) in [6.07, 6.45) is 1.73. The summed E-state index contributed by atoms with van der Waals surface area (Å²) in [5.74, 6) is 0. The highest BCUT2D eigenvalue weighted by Crippen LogP contribution is 2.23. The van der Waals surface area contributed by atoms with Crippen LogP contribution in [0, 0.1) is 0 Å². The van der Waals surface area contributed by atoms with Gasteiger partial charge in [-0.25, -0.2) is 0 Å². The van der Waals surface area contributed by atoms with Crippen molar-refractivity contribution in [2.45, 2.75) is 12.8 Å². The van der Waals surface area contributed by atoms with Gasteiger partial charge in [-0.05, 0) is 31.0 Å². The number of unbranched alkanes of at least 4 members (excludes halogenated alkanes) is 1. The van der Waals surface area contributed by atoms with Crippen molar-refractivity contribution in [1.82, 2.24) is 4.98 Å². The highest BCUT2D eigenvalue weighted by atomic mass is 35.5. The summed E-state index contributed by atoms with van der Waals surface area (Å²) in [5.41, 5.74) is 1.34. The van der Waals surface area contributed by atoms with Crippen LogP contribution in [0.15, 0.2) is 22.6 Å². The van der Waals surface area contributed by atoms with Gasteiger partial charge in [0.1, 0.15) is 5.52 Å². The fraction of sp³-hybridized carbons (Fsp3) is 0.364. The predicted octanol–water partition coefficient (Wildman–Crippen LogP) is 2.63. The van der Waals surface area contributed by atoms with E-state index in [0.29, 0.717) is 29.2 Å². The van der Waals surface area contributed by atoms with Gasteiger partial charge >= 0.3 is 6.08 Å². The molecule has 0 unspecified atom stereocenters. The van der Waals surface area contributed by atoms with E-state index in [0.717, 1.165) is 6.42 Å². The molecule has 5 heteroatoms. The Balaban J connectivity index is 2.02. The zero-order valence-corrected chi connectivity index (χ0v) is 9.41. The smallest absolute Gasteiger partial charge is 0.394 e. The molecule has 0 radical (unpaired) electrons. The van der Waals surface area contributed by atoms with E-state index < -0.39 is 0 Å². The van der Waals surface area contributed by atoms with Crippen LogP contribution in [0.3, 0.4) is 0 Å². The number of benzene rings is 1. The maximum Gasteiger partial charge on any atom is 0.394 e. The molecule has 0 saturated heterocycles. The van der Waals surface area contributed by atoms with Gasteiger partial charge in [0.05, 0.1) is 6.61 Å². The van der Waals surface area contributed by atoms with E-state index in [1.165, 1.54) is 0 Å². The van der Waals surface area contributed by atoms with Crippen LogP contribution in [-0.2, 0) is 0 Å². The summed E-state index contributed by atoms with van der Waals surface area (Å²) < 4.78 is 10.6. The van der Waals surface area contributed by atoms with Gasteiger partial charge in [-0.2, -0.15) is 4.98 Å². The van der Waals surface area contributed by atoms with Crippen molar-refractivity contribution in [2.24, 2.45) is 0 Å². The first-order valence-electron chi connectivity index (χ1n) is 5.09. The van der Waals surface area contributed by atoms with E-state index in [9.17, 15) is 0 Å². The Labute approximate surface area is 97.8 Å². The van der Waals surface area contributed by atoms with Gasteiger partial charge in [-0.15, -0.1) is 0 Å². The number of aliphatic hydroxyl groups is 1. The molecule has 0 aliphatic carbocycles. The highest BCUT2D eigenvalue weighted by molar-refractivity contribution is 6.31. The molecular formula is C11H12ClNO3. The predicted molar refractivity (Wildman–Crippen MR) is 60.8 cm³/mol. The van der Waals surface area contributed by atoms with Crippen molar-refractivity contribution < 1.29 is 14.3 Å². The molecule has 1 heterocycles. The minimum atomic E-state index is 0.173. The fourth-order valence-corrected chi connectivity index (χ4v) is 1.48. The van der Waals surface area contributed by atoms with Crippen LogP contribution >= 0.6 is 11.6 Å². The van der Waals surface area contributed by atoms with E-state index in [4.69, 9.17) is 25.9 Å². The van der Waals surface area contributed by atoms with Crippen LogP contribution in [0.5, 0.6) is 6.08 Å². The summed E-state index contributed by atoms with van der Waals surface area (Å²) in [6, 6.07) is 5.22. The number of oxazole rings is 1. The largest absolute Gasteiger partial charge is 0.450 e. The molecule has 4 nitrogen and oxygen atoms in total. The molecule has 2 rings (SSSR count). The summed E-state index contributed by atoms with van der Waals surface area (Å²) in [5, 5.41) is 9.22. The SMILES string of the molecule is OCCCCOc1nc2cc(Cl)ccc2o1. The lowest BCUT2D eigenvalue weighted by Crippen LogP contribution is -1.98. The molecule has 86 valence electrons. The average molecular weight is 242 g/mol. The molecule has 1 aromatic carbocycles. The van der Waals surface area contributed by atoms with Crippen molar-refractivity contribution >= 4 is 22.7 Å². The second-order valence-corrected chi connectivity index (χ2v) is 3.81. The molecule has 0 saturated carbocycles. The van der Waals surface area contributed by atoms with Crippen LogP contribution in [0.25, 0.3) is 11.1 Å². The number of rotatable bonds is 5. The molecular weight excluding hydrogens is 230 g/mol. The maximum absolute atomic E-state index is 8.60. The zero-order chi connectivity index (χ0) is 11.4. The number of hydrogen-bond donors (Lipinski definition) is 1. The Hall–Kier alpha value is -1.26. The second kappa shape index (κ2) is 5.18. The van der Waals surface area contributed by atoms with Crippen molar-refractivity contribution in [2.75, 3.05) is 13.2 Å². The van der Waals surface area contributed by atoms with E-state index in [2.05, 4.69) is 4.98 Å². The number of ether oxygens (including phenoxy) is 1. The molecule has 0 amide bonds. The molecule has 0 fully saturated rings. The van der Waals surface area contributed by atoms with Crippen LogP contribution in [0.2, 0.25) is 5.02 Å². The second-order valence-electron chi connectivity index (χ2n) is 3.37. The minimum Gasteiger partial charge on any atom is -0.450 e. The molecule has 16 heavy (non-hydrogen) atoms. The van der Waals surface area contributed by atoms with Crippen molar-refractivity contribution in [3.05, 3.63) is 23.2 Å². The van der Waals surface area contributed by atoms with Crippen LogP contribution in [-0.4, -0.2) is 23.3 Å². The first kappa shape index (κ1) is 11.2. The van der Waals surface area contributed by atoms with Gasteiger partial charge in [0.2, 0.25) is 0 Å². The number of fused-ring (bicyclic) bond motifs is 1. The summed E-state index contributed by atoms with van der Waals surface area (Å²) >= 11 is 5.82. The Bertz CT molecular complexity index is 469. The third-order valence-corrected chi connectivity index (χ3v) is 2.34. The van der Waals surface area contributed by atoms with Crippen LogP contribution in [0.4, 0.5) is 0 Å². The quantitative estimate of drug-likeness (QED) is 0.818. The topological polar surface area (TPSA) is 55.5 Å². The monoisotopic (exact) mass is 241 g/mol. The number of hydrogen-bond acceptors (Lipinski definition) is 4. The Morgan fingerprint density at radius 2 is 2.25 bits per heavy atom. The molecule has 0 spiro atoms. The lowest BCUT2D eigenvalue weighted by atomic mass is 10.3. The molecule has 0 aliphatic heterocycles. The number of nitrogens with zero attached hydrogens (tertiary/aromatic N) is 1. The minimum absolute atomic E-state index is 0.173. The molecule has 0 bridgehead atoms. The molecule has 0 atom stereocenters. The number of aliphatic hydroxyl groups excluding tert-OH is 1. The van der Waals surface area contributed by atoms with E-state index in [1.807, 2.05) is 0 Å². The summed E-state index contributed by atoms with van der Waals surface area (Å²) in [7, 11) is 0. The Morgan fingerprint density at radius 1 is 1.38 bits per heavy atom. The lowest BCUT2D eigenvalue weighted by molar-refractivity contribution is 0.214. The van der Waals surface area contributed by atoms with Crippen LogP contribution in [0.1, 0.15) is 12.8 Å². The first-order valence-corrected chi connectivity index (χ1v) is 5.47. The Kier molecular flexibility index (Phi) is 3.64. The fourth-order valence-electron chi connectivity index (χ4n) is 1.31. The highest BCUT2D eigenvalue weighted by Gasteiger charge is 2.06. The lowest BCUT2D eigenvalue weighted by Gasteiger charge is -1.98. The van der Waals surface area contributed by atoms with Gasteiger partial charge in [0.15, 0.2) is 5.58 Å². The average Bonchev–Trinajstić information content (AvgIpc) is 2.66. The first-order chi connectivity index (χ1) is 7.79. The van der Waals surface area contributed by atoms with Crippen LogP contribution < -0.4 is 4.74 Å². The van der Waals surface area contributed by atoms with E-state index in [1.54, 1.807) is 18.2 Å². The normalized spacial score (nSPS) is 10.9. The zero-order valence-electron chi connectivity index (χ0n) is 8.65. The number of aromatic nitrogens is 1. The third kappa shape index (κ3) is 2.65. The molecule has 0 aliphatic rings. The van der Waals surface area contributed by atoms with Gasteiger partial charge in [-0.1, -0.05) is 11.6 Å². The van der Waals surface area contributed by atoms with Gasteiger partial charge < -0.3 is 14.3 Å². The summed E-state index contributed by atoms with van der Waals surface area (Å²) in [6.45, 7) is 0.660. The van der Waals surface area contributed by atoms with Gasteiger partial charge in [-0.3, -0.25) is 0 Å².